The number of halogens is 1. The second kappa shape index (κ2) is 7.86. The molecule has 110 valence electrons. The predicted molar refractivity (Wildman–Crippen MR) is 77.3 cm³/mol. The zero-order valence-electron chi connectivity index (χ0n) is 11.0. The molecule has 1 aromatic rings. The van der Waals surface area contributed by atoms with E-state index in [0.717, 1.165) is 10.0 Å². The molecule has 0 aliphatic heterocycles. The Morgan fingerprint density at radius 2 is 2.05 bits per heavy atom. The fourth-order valence-electron chi connectivity index (χ4n) is 1.60. The molecule has 0 radical (unpaired) electrons. The molecule has 7 heteroatoms. The molecule has 0 unspecified atom stereocenters. The SMILES string of the molecule is CN(Cc1ccccc1Br)C(=O)N[C@H](CCO)C(=O)O. The summed E-state index contributed by atoms with van der Waals surface area (Å²) >= 11 is 3.39. The van der Waals surface area contributed by atoms with Gasteiger partial charge >= 0.3 is 12.0 Å². The van der Waals surface area contributed by atoms with E-state index in [4.69, 9.17) is 10.2 Å². The molecule has 0 bridgehead atoms. The Morgan fingerprint density at radius 3 is 2.60 bits per heavy atom. The number of carboxylic acid groups (broad SMARTS) is 1. The van der Waals surface area contributed by atoms with Gasteiger partial charge in [-0.05, 0) is 11.6 Å². The first-order valence-electron chi connectivity index (χ1n) is 6.04. The predicted octanol–water partition coefficient (Wildman–Crippen LogP) is 1.43. The number of rotatable bonds is 6. The van der Waals surface area contributed by atoms with Gasteiger partial charge in [-0.1, -0.05) is 34.1 Å². The molecule has 2 amide bonds. The van der Waals surface area contributed by atoms with Crippen molar-refractivity contribution in [2.75, 3.05) is 13.7 Å². The normalized spacial score (nSPS) is 11.8. The van der Waals surface area contributed by atoms with Gasteiger partial charge in [-0.2, -0.15) is 0 Å². The summed E-state index contributed by atoms with van der Waals surface area (Å²) < 4.78 is 0.879. The van der Waals surface area contributed by atoms with Gasteiger partial charge in [0, 0.05) is 31.1 Å². The average molecular weight is 345 g/mol. The lowest BCUT2D eigenvalue weighted by Gasteiger charge is -2.21. The number of urea groups is 1. The number of carbonyl (C=O) groups is 2. The molecule has 0 heterocycles. The summed E-state index contributed by atoms with van der Waals surface area (Å²) in [6, 6.07) is 5.88. The van der Waals surface area contributed by atoms with E-state index in [0.29, 0.717) is 6.54 Å². The van der Waals surface area contributed by atoms with Crippen LogP contribution in [-0.4, -0.2) is 46.8 Å². The van der Waals surface area contributed by atoms with Gasteiger partial charge in [0.2, 0.25) is 0 Å². The summed E-state index contributed by atoms with van der Waals surface area (Å²) in [6.07, 6.45) is -0.0239. The number of amides is 2. The first-order chi connectivity index (χ1) is 9.45. The van der Waals surface area contributed by atoms with Crippen molar-refractivity contribution < 1.29 is 19.8 Å². The van der Waals surface area contributed by atoms with Gasteiger partial charge in [0.1, 0.15) is 6.04 Å². The van der Waals surface area contributed by atoms with Crippen LogP contribution in [0.2, 0.25) is 0 Å². The Balaban J connectivity index is 2.63. The fourth-order valence-corrected chi connectivity index (χ4v) is 2.01. The quantitative estimate of drug-likeness (QED) is 0.728. The molecule has 1 atom stereocenters. The van der Waals surface area contributed by atoms with Crippen LogP contribution in [0.1, 0.15) is 12.0 Å². The summed E-state index contributed by atoms with van der Waals surface area (Å²) in [5, 5.41) is 20.1. The Kier molecular flexibility index (Phi) is 6.47. The van der Waals surface area contributed by atoms with Crippen molar-refractivity contribution in [1.29, 1.82) is 0 Å². The maximum absolute atomic E-state index is 11.9. The Bertz CT molecular complexity index is 481. The van der Waals surface area contributed by atoms with Gasteiger partial charge in [0.15, 0.2) is 0 Å². The molecular formula is C13H17BrN2O4. The number of carbonyl (C=O) groups excluding carboxylic acids is 1. The van der Waals surface area contributed by atoms with E-state index in [2.05, 4.69) is 21.2 Å². The molecule has 0 aliphatic carbocycles. The molecule has 0 aliphatic rings. The number of aliphatic hydroxyl groups excluding tert-OH is 1. The minimum atomic E-state index is -1.17. The summed E-state index contributed by atoms with van der Waals surface area (Å²) in [7, 11) is 1.58. The average Bonchev–Trinajstić information content (AvgIpc) is 2.40. The van der Waals surface area contributed by atoms with Crippen LogP contribution in [0.5, 0.6) is 0 Å². The monoisotopic (exact) mass is 344 g/mol. The molecule has 6 nitrogen and oxygen atoms in total. The highest BCUT2D eigenvalue weighted by atomic mass is 79.9. The molecule has 0 saturated carbocycles. The van der Waals surface area contributed by atoms with Crippen LogP contribution in [0.15, 0.2) is 28.7 Å². The van der Waals surface area contributed by atoms with Crippen LogP contribution in [0, 0.1) is 0 Å². The van der Waals surface area contributed by atoms with Crippen molar-refractivity contribution in [3.05, 3.63) is 34.3 Å². The van der Waals surface area contributed by atoms with Crippen molar-refractivity contribution in [3.63, 3.8) is 0 Å². The maximum atomic E-state index is 11.9. The number of nitrogens with zero attached hydrogens (tertiary/aromatic N) is 1. The van der Waals surface area contributed by atoms with Gasteiger partial charge < -0.3 is 20.4 Å². The number of hydrogen-bond donors (Lipinski definition) is 3. The second-order valence-corrected chi connectivity index (χ2v) is 5.15. The van der Waals surface area contributed by atoms with Crippen LogP contribution >= 0.6 is 15.9 Å². The lowest BCUT2D eigenvalue weighted by atomic mass is 10.2. The van der Waals surface area contributed by atoms with Gasteiger partial charge in [0.05, 0.1) is 0 Å². The van der Waals surface area contributed by atoms with Crippen molar-refractivity contribution in [3.8, 4) is 0 Å². The minimum Gasteiger partial charge on any atom is -0.480 e. The molecule has 20 heavy (non-hydrogen) atoms. The standard InChI is InChI=1S/C13H17BrN2O4/c1-16(8-9-4-2-3-5-10(9)14)13(20)15-11(6-7-17)12(18)19/h2-5,11,17H,6-8H2,1H3,(H,15,20)(H,18,19)/t11-/m1/s1. The maximum Gasteiger partial charge on any atom is 0.326 e. The van der Waals surface area contributed by atoms with Crippen LogP contribution < -0.4 is 5.32 Å². The molecule has 0 fully saturated rings. The summed E-state index contributed by atoms with van der Waals surface area (Å²) in [6.45, 7) is 0.0456. The largest absolute Gasteiger partial charge is 0.480 e. The molecule has 0 saturated heterocycles. The van der Waals surface area contributed by atoms with E-state index in [-0.39, 0.29) is 13.0 Å². The number of benzene rings is 1. The highest BCUT2D eigenvalue weighted by molar-refractivity contribution is 9.10. The zero-order chi connectivity index (χ0) is 15.1. The van der Waals surface area contributed by atoms with Gasteiger partial charge in [-0.25, -0.2) is 9.59 Å². The molecule has 1 rings (SSSR count). The van der Waals surface area contributed by atoms with E-state index in [1.54, 1.807) is 7.05 Å². The van der Waals surface area contributed by atoms with Crippen LogP contribution in [0.4, 0.5) is 4.79 Å². The van der Waals surface area contributed by atoms with Crippen molar-refractivity contribution >= 4 is 27.9 Å². The Hall–Kier alpha value is -1.60. The van der Waals surface area contributed by atoms with E-state index >= 15 is 0 Å². The summed E-state index contributed by atoms with van der Waals surface area (Å²) in [5.41, 5.74) is 0.916. The number of hydrogen-bond acceptors (Lipinski definition) is 3. The van der Waals surface area contributed by atoms with Crippen LogP contribution in [-0.2, 0) is 11.3 Å². The van der Waals surface area contributed by atoms with E-state index in [1.165, 1.54) is 4.90 Å². The minimum absolute atomic E-state index is 0.0239. The third kappa shape index (κ3) is 4.82. The molecule has 0 aromatic heterocycles. The third-order valence-corrected chi connectivity index (χ3v) is 3.50. The molecule has 0 spiro atoms. The van der Waals surface area contributed by atoms with Gasteiger partial charge in [-0.15, -0.1) is 0 Å². The first-order valence-corrected chi connectivity index (χ1v) is 6.83. The third-order valence-electron chi connectivity index (χ3n) is 2.73. The molecule has 1 aromatic carbocycles. The van der Waals surface area contributed by atoms with E-state index in [9.17, 15) is 9.59 Å². The topological polar surface area (TPSA) is 89.9 Å². The van der Waals surface area contributed by atoms with E-state index in [1.807, 2.05) is 24.3 Å². The van der Waals surface area contributed by atoms with Crippen LogP contribution in [0.3, 0.4) is 0 Å². The van der Waals surface area contributed by atoms with Crippen LogP contribution in [0.25, 0.3) is 0 Å². The summed E-state index contributed by atoms with van der Waals surface area (Å²) in [4.78, 5) is 24.2. The van der Waals surface area contributed by atoms with E-state index < -0.39 is 18.0 Å². The smallest absolute Gasteiger partial charge is 0.326 e. The fraction of sp³-hybridized carbons (Fsp3) is 0.385. The highest BCUT2D eigenvalue weighted by Gasteiger charge is 2.21. The number of carboxylic acids is 1. The van der Waals surface area contributed by atoms with Gasteiger partial charge in [0.25, 0.3) is 0 Å². The first kappa shape index (κ1) is 16.5. The number of aliphatic hydroxyl groups is 1. The second-order valence-electron chi connectivity index (χ2n) is 4.30. The summed E-state index contributed by atoms with van der Waals surface area (Å²) in [5.74, 6) is -1.17. The zero-order valence-corrected chi connectivity index (χ0v) is 12.6. The lowest BCUT2D eigenvalue weighted by molar-refractivity contribution is -0.139. The number of aliphatic carboxylic acids is 1. The highest BCUT2D eigenvalue weighted by Crippen LogP contribution is 2.17. The number of nitrogens with one attached hydrogen (secondary N) is 1. The lowest BCUT2D eigenvalue weighted by Crippen LogP contribution is -2.46. The Morgan fingerprint density at radius 1 is 1.40 bits per heavy atom. The van der Waals surface area contributed by atoms with Crippen molar-refractivity contribution in [2.45, 2.75) is 19.0 Å². The van der Waals surface area contributed by atoms with Crippen molar-refractivity contribution in [2.24, 2.45) is 0 Å². The Labute approximate surface area is 125 Å². The molecular weight excluding hydrogens is 328 g/mol. The van der Waals surface area contributed by atoms with Crippen molar-refractivity contribution in [1.82, 2.24) is 10.2 Å². The molecule has 3 N–H and O–H groups in total. The van der Waals surface area contributed by atoms with Gasteiger partial charge in [-0.3, -0.25) is 0 Å².